The molecule has 1 aliphatic heterocycles. The second-order valence-corrected chi connectivity index (χ2v) is 6.46. The molecule has 120 valence electrons. The van der Waals surface area contributed by atoms with Crippen LogP contribution in [0.3, 0.4) is 0 Å². The van der Waals surface area contributed by atoms with Gasteiger partial charge in [0.05, 0.1) is 10.8 Å². The Morgan fingerprint density at radius 3 is 2.57 bits per heavy atom. The highest BCUT2D eigenvalue weighted by Crippen LogP contribution is 2.29. The van der Waals surface area contributed by atoms with Gasteiger partial charge in [-0.25, -0.2) is 9.78 Å². The zero-order valence-electron chi connectivity index (χ0n) is 12.4. The van der Waals surface area contributed by atoms with E-state index in [0.29, 0.717) is 31.1 Å². The van der Waals surface area contributed by atoms with Gasteiger partial charge in [-0.05, 0) is 18.4 Å². The van der Waals surface area contributed by atoms with Crippen LogP contribution in [0, 0.1) is 5.92 Å². The summed E-state index contributed by atoms with van der Waals surface area (Å²) in [5, 5.41) is 12.3. The number of aromatic nitrogens is 1. The van der Waals surface area contributed by atoms with E-state index in [2.05, 4.69) is 10.3 Å². The van der Waals surface area contributed by atoms with E-state index in [0.717, 1.165) is 10.4 Å². The number of benzene rings is 1. The van der Waals surface area contributed by atoms with Crippen LogP contribution in [-0.4, -0.2) is 40.1 Å². The van der Waals surface area contributed by atoms with Crippen LogP contribution in [0.4, 0.5) is 9.93 Å². The van der Waals surface area contributed by atoms with E-state index in [1.165, 1.54) is 11.3 Å². The minimum Gasteiger partial charge on any atom is -0.481 e. The molecule has 1 aromatic heterocycles. The van der Waals surface area contributed by atoms with Gasteiger partial charge in [0.15, 0.2) is 5.13 Å². The first-order valence-corrected chi connectivity index (χ1v) is 8.25. The van der Waals surface area contributed by atoms with E-state index in [1.54, 1.807) is 11.1 Å². The monoisotopic (exact) mass is 331 g/mol. The number of likely N-dealkylation sites (tertiary alicyclic amines) is 1. The fourth-order valence-electron chi connectivity index (χ4n) is 2.57. The number of carbonyl (C=O) groups is 2. The topological polar surface area (TPSA) is 82.5 Å². The number of nitrogens with one attached hydrogen (secondary N) is 1. The van der Waals surface area contributed by atoms with Crippen molar-refractivity contribution in [3.8, 4) is 10.4 Å². The third-order valence-corrected chi connectivity index (χ3v) is 4.87. The highest BCUT2D eigenvalue weighted by Gasteiger charge is 2.27. The first kappa shape index (κ1) is 15.5. The third kappa shape index (κ3) is 3.68. The van der Waals surface area contributed by atoms with Crippen molar-refractivity contribution in [2.45, 2.75) is 12.8 Å². The number of hydrogen-bond acceptors (Lipinski definition) is 4. The van der Waals surface area contributed by atoms with E-state index in [-0.39, 0.29) is 11.9 Å². The second kappa shape index (κ2) is 6.78. The summed E-state index contributed by atoms with van der Waals surface area (Å²) in [6.45, 7) is 0.916. The number of aliphatic carboxylic acids is 1. The summed E-state index contributed by atoms with van der Waals surface area (Å²) in [5.74, 6) is -1.12. The molecule has 0 saturated carbocycles. The summed E-state index contributed by atoms with van der Waals surface area (Å²) in [4.78, 5) is 30.0. The molecule has 0 atom stereocenters. The van der Waals surface area contributed by atoms with Gasteiger partial charge in [-0.3, -0.25) is 10.1 Å². The molecule has 1 saturated heterocycles. The van der Waals surface area contributed by atoms with Crippen molar-refractivity contribution in [2.75, 3.05) is 18.4 Å². The molecule has 1 fully saturated rings. The van der Waals surface area contributed by atoms with Crippen LogP contribution >= 0.6 is 11.3 Å². The van der Waals surface area contributed by atoms with Crippen LogP contribution in [0.15, 0.2) is 36.5 Å². The molecule has 3 rings (SSSR count). The van der Waals surface area contributed by atoms with Crippen LogP contribution in [0.5, 0.6) is 0 Å². The van der Waals surface area contributed by atoms with Crippen LogP contribution in [0.1, 0.15) is 12.8 Å². The van der Waals surface area contributed by atoms with Gasteiger partial charge >= 0.3 is 12.0 Å². The summed E-state index contributed by atoms with van der Waals surface area (Å²) in [5.41, 5.74) is 1.06. The predicted molar refractivity (Wildman–Crippen MR) is 88.5 cm³/mol. The molecule has 0 aliphatic carbocycles. The zero-order valence-corrected chi connectivity index (χ0v) is 13.3. The SMILES string of the molecule is O=C(O)C1CCN(C(=O)Nc2ncc(-c3ccccc3)s2)CC1. The van der Waals surface area contributed by atoms with E-state index in [9.17, 15) is 9.59 Å². The van der Waals surface area contributed by atoms with E-state index in [4.69, 9.17) is 5.11 Å². The number of amides is 2. The molecule has 6 nitrogen and oxygen atoms in total. The van der Waals surface area contributed by atoms with Gasteiger partial charge in [0.25, 0.3) is 0 Å². The number of rotatable bonds is 3. The Morgan fingerprint density at radius 2 is 1.91 bits per heavy atom. The normalized spacial score (nSPS) is 15.4. The highest BCUT2D eigenvalue weighted by atomic mass is 32.1. The summed E-state index contributed by atoms with van der Waals surface area (Å²) >= 11 is 1.42. The largest absolute Gasteiger partial charge is 0.481 e. The number of urea groups is 1. The molecule has 2 aromatic rings. The van der Waals surface area contributed by atoms with Gasteiger partial charge in [-0.15, -0.1) is 0 Å². The Balaban J connectivity index is 1.59. The van der Waals surface area contributed by atoms with Gasteiger partial charge in [0, 0.05) is 19.3 Å². The Hall–Kier alpha value is -2.41. The lowest BCUT2D eigenvalue weighted by molar-refractivity contribution is -0.143. The van der Waals surface area contributed by atoms with Crippen molar-refractivity contribution in [1.29, 1.82) is 0 Å². The Kier molecular flexibility index (Phi) is 4.57. The molecule has 1 aromatic carbocycles. The van der Waals surface area contributed by atoms with Crippen LogP contribution in [0.25, 0.3) is 10.4 Å². The molecule has 0 radical (unpaired) electrons. The maximum Gasteiger partial charge on any atom is 0.323 e. The Labute approximate surface area is 137 Å². The van der Waals surface area contributed by atoms with Crippen molar-refractivity contribution in [1.82, 2.24) is 9.88 Å². The van der Waals surface area contributed by atoms with E-state index in [1.807, 2.05) is 30.3 Å². The first-order chi connectivity index (χ1) is 11.1. The van der Waals surface area contributed by atoms with Gasteiger partial charge in [0.1, 0.15) is 0 Å². The molecule has 2 amide bonds. The number of carboxylic acid groups (broad SMARTS) is 1. The smallest absolute Gasteiger partial charge is 0.323 e. The minimum absolute atomic E-state index is 0.220. The van der Waals surface area contributed by atoms with Gasteiger partial charge in [-0.2, -0.15) is 0 Å². The lowest BCUT2D eigenvalue weighted by atomic mass is 9.97. The fraction of sp³-hybridized carbons (Fsp3) is 0.312. The molecular formula is C16H17N3O3S. The number of anilines is 1. The Bertz CT molecular complexity index is 694. The second-order valence-electron chi connectivity index (χ2n) is 5.43. The van der Waals surface area contributed by atoms with E-state index >= 15 is 0 Å². The number of piperidine rings is 1. The molecule has 2 N–H and O–H groups in total. The van der Waals surface area contributed by atoms with Crippen molar-refractivity contribution in [2.24, 2.45) is 5.92 Å². The average Bonchev–Trinajstić information content (AvgIpc) is 3.04. The van der Waals surface area contributed by atoms with Gasteiger partial charge in [-0.1, -0.05) is 41.7 Å². The summed E-state index contributed by atoms with van der Waals surface area (Å²) in [7, 11) is 0. The Morgan fingerprint density at radius 1 is 1.22 bits per heavy atom. The standard InChI is InChI=1S/C16H17N3O3S/c20-14(21)12-6-8-19(9-7-12)16(22)18-15-17-10-13(23-15)11-4-2-1-3-5-11/h1-5,10,12H,6-9H2,(H,20,21)(H,17,18,22). The van der Waals surface area contributed by atoms with Crippen molar-refractivity contribution in [3.63, 3.8) is 0 Å². The quantitative estimate of drug-likeness (QED) is 0.905. The van der Waals surface area contributed by atoms with Crippen LogP contribution < -0.4 is 5.32 Å². The minimum atomic E-state index is -0.780. The van der Waals surface area contributed by atoms with E-state index < -0.39 is 5.97 Å². The van der Waals surface area contributed by atoms with Crippen molar-refractivity contribution in [3.05, 3.63) is 36.5 Å². The maximum atomic E-state index is 12.2. The molecule has 0 unspecified atom stereocenters. The van der Waals surface area contributed by atoms with Crippen LogP contribution in [-0.2, 0) is 4.79 Å². The third-order valence-electron chi connectivity index (χ3n) is 3.91. The zero-order chi connectivity index (χ0) is 16.2. The number of carboxylic acids is 1. The summed E-state index contributed by atoms with van der Waals surface area (Å²) in [6, 6.07) is 9.64. The predicted octanol–water partition coefficient (Wildman–Crippen LogP) is 3.14. The number of carbonyl (C=O) groups excluding carboxylic acids is 1. The number of thiazole rings is 1. The number of hydrogen-bond donors (Lipinski definition) is 2. The number of nitrogens with zero attached hydrogens (tertiary/aromatic N) is 2. The van der Waals surface area contributed by atoms with Gasteiger partial charge in [0.2, 0.25) is 0 Å². The van der Waals surface area contributed by atoms with Crippen molar-refractivity contribution >= 4 is 28.5 Å². The average molecular weight is 331 g/mol. The molecular weight excluding hydrogens is 314 g/mol. The molecule has 1 aliphatic rings. The lowest BCUT2D eigenvalue weighted by Crippen LogP contribution is -2.42. The first-order valence-electron chi connectivity index (χ1n) is 7.43. The molecule has 0 spiro atoms. The van der Waals surface area contributed by atoms with Crippen LogP contribution in [0.2, 0.25) is 0 Å². The summed E-state index contributed by atoms with van der Waals surface area (Å²) in [6.07, 6.45) is 2.73. The maximum absolute atomic E-state index is 12.2. The van der Waals surface area contributed by atoms with Crippen molar-refractivity contribution < 1.29 is 14.7 Å². The fourth-order valence-corrected chi connectivity index (χ4v) is 3.38. The molecule has 23 heavy (non-hydrogen) atoms. The highest BCUT2D eigenvalue weighted by molar-refractivity contribution is 7.19. The molecule has 0 bridgehead atoms. The van der Waals surface area contributed by atoms with Gasteiger partial charge < -0.3 is 10.0 Å². The lowest BCUT2D eigenvalue weighted by Gasteiger charge is -2.29. The summed E-state index contributed by atoms with van der Waals surface area (Å²) < 4.78 is 0. The molecule has 2 heterocycles. The molecule has 7 heteroatoms.